The van der Waals surface area contributed by atoms with Gasteiger partial charge in [0.25, 0.3) is 0 Å². The first-order chi connectivity index (χ1) is 7.83. The predicted molar refractivity (Wildman–Crippen MR) is 84.3 cm³/mol. The van der Waals surface area contributed by atoms with Gasteiger partial charge < -0.3 is 8.85 Å². The van der Waals surface area contributed by atoms with E-state index in [9.17, 15) is 9.59 Å². The van der Waals surface area contributed by atoms with Gasteiger partial charge in [0.15, 0.2) is 0 Å². The van der Waals surface area contributed by atoms with Crippen LogP contribution in [0.1, 0.15) is 0 Å². The molecule has 4 nitrogen and oxygen atoms in total. The average molecular weight is 420 g/mol. The Morgan fingerprint density at radius 1 is 0.778 bits per heavy atom. The maximum Gasteiger partial charge on any atom is 0.308 e. The van der Waals surface area contributed by atoms with Crippen LogP contribution in [-0.4, -0.2) is 38.2 Å². The quantitative estimate of drug-likeness (QED) is 0.506. The average Bonchev–Trinajstić information content (AvgIpc) is 2.09. The van der Waals surface area contributed by atoms with Crippen LogP contribution >= 0.6 is 31.9 Å². The second kappa shape index (κ2) is 6.67. The molecule has 0 aliphatic carbocycles. The molecule has 8 heteroatoms. The maximum absolute atomic E-state index is 11.8. The second-order valence-electron chi connectivity index (χ2n) is 5.87. The zero-order valence-corrected chi connectivity index (χ0v) is 16.7. The summed E-state index contributed by atoms with van der Waals surface area (Å²) in [6, 6.07) is 0. The zero-order chi connectivity index (χ0) is 14.7. The minimum atomic E-state index is -1.95. The monoisotopic (exact) mass is 418 g/mol. The van der Waals surface area contributed by atoms with Crippen molar-refractivity contribution < 1.29 is 18.4 Å². The first kappa shape index (κ1) is 18.3. The van der Waals surface area contributed by atoms with Gasteiger partial charge in [0.2, 0.25) is 16.6 Å². The third kappa shape index (κ3) is 7.70. The summed E-state index contributed by atoms with van der Waals surface area (Å²) in [6.45, 7) is 11.5. The Morgan fingerprint density at radius 2 is 1.00 bits per heavy atom. The molecule has 106 valence electrons. The molecule has 2 atom stereocenters. The Kier molecular flexibility index (Phi) is 6.79. The number of alkyl halides is 2. The Morgan fingerprint density at radius 3 is 1.17 bits per heavy atom. The largest absolute Gasteiger partial charge is 0.519 e. The third-order valence-electron chi connectivity index (χ3n) is 1.52. The van der Waals surface area contributed by atoms with Crippen molar-refractivity contribution in [1.29, 1.82) is 0 Å². The van der Waals surface area contributed by atoms with Crippen molar-refractivity contribution in [2.75, 3.05) is 0 Å². The Hall–Kier alpha value is 0.334. The van der Waals surface area contributed by atoms with E-state index in [0.717, 1.165) is 0 Å². The molecular formula is C10H20Br2O4Si2. The van der Waals surface area contributed by atoms with Gasteiger partial charge in [0.1, 0.15) is 9.65 Å². The van der Waals surface area contributed by atoms with Crippen molar-refractivity contribution in [3.8, 4) is 0 Å². The molecule has 0 bridgehead atoms. The standard InChI is InChI=1S/C10H20Br2O4Si2/c1-17(2,3)15-9(13)7(11)8(12)10(14)16-18(4,5)6/h7-8H,1-6H3. The van der Waals surface area contributed by atoms with E-state index in [1.807, 2.05) is 39.3 Å². The summed E-state index contributed by atoms with van der Waals surface area (Å²) in [4.78, 5) is 22.2. The molecule has 0 radical (unpaired) electrons. The minimum absolute atomic E-state index is 0.427. The van der Waals surface area contributed by atoms with Crippen LogP contribution < -0.4 is 0 Å². The minimum Gasteiger partial charge on any atom is -0.519 e. The number of halogens is 2. The Balaban J connectivity index is 4.55. The van der Waals surface area contributed by atoms with Gasteiger partial charge in [-0.2, -0.15) is 0 Å². The highest BCUT2D eigenvalue weighted by Crippen LogP contribution is 2.21. The van der Waals surface area contributed by atoms with Crippen LogP contribution in [0.25, 0.3) is 0 Å². The zero-order valence-electron chi connectivity index (χ0n) is 11.5. The van der Waals surface area contributed by atoms with Gasteiger partial charge in [0.05, 0.1) is 0 Å². The molecule has 0 aromatic carbocycles. The van der Waals surface area contributed by atoms with Crippen molar-refractivity contribution in [2.24, 2.45) is 0 Å². The predicted octanol–water partition coefficient (Wildman–Crippen LogP) is 3.27. The summed E-state index contributed by atoms with van der Waals surface area (Å²) in [5, 5.41) is 0. The highest BCUT2D eigenvalue weighted by atomic mass is 79.9. The first-order valence-corrected chi connectivity index (χ1v) is 14.2. The molecule has 0 aromatic heterocycles. The molecule has 0 N–H and O–H groups in total. The summed E-state index contributed by atoms with van der Waals surface area (Å²) in [6.07, 6.45) is 0. The highest BCUT2D eigenvalue weighted by Gasteiger charge is 2.36. The van der Waals surface area contributed by atoms with Crippen molar-refractivity contribution >= 4 is 60.4 Å². The molecule has 0 saturated carbocycles. The molecular weight excluding hydrogens is 400 g/mol. The molecule has 0 aromatic rings. The van der Waals surface area contributed by atoms with E-state index in [4.69, 9.17) is 8.85 Å². The molecule has 2 unspecified atom stereocenters. The van der Waals surface area contributed by atoms with Crippen LogP contribution in [0.15, 0.2) is 0 Å². The molecule has 0 aliphatic rings. The van der Waals surface area contributed by atoms with E-state index >= 15 is 0 Å². The Labute approximate surface area is 127 Å². The van der Waals surface area contributed by atoms with Crippen LogP contribution in [0.4, 0.5) is 0 Å². The fraction of sp³-hybridized carbons (Fsp3) is 0.800. The normalized spacial score (nSPS) is 15.8. The molecule has 0 spiro atoms. The van der Waals surface area contributed by atoms with Crippen molar-refractivity contribution in [3.05, 3.63) is 0 Å². The fourth-order valence-electron chi connectivity index (χ4n) is 0.955. The molecule has 18 heavy (non-hydrogen) atoms. The number of hydrogen-bond acceptors (Lipinski definition) is 4. The molecule has 0 fully saturated rings. The lowest BCUT2D eigenvalue weighted by molar-refractivity contribution is -0.140. The van der Waals surface area contributed by atoms with Crippen molar-refractivity contribution in [3.63, 3.8) is 0 Å². The number of carbonyl (C=O) groups excluding carboxylic acids is 2. The lowest BCUT2D eigenvalue weighted by Crippen LogP contribution is -2.42. The molecule has 0 rings (SSSR count). The van der Waals surface area contributed by atoms with E-state index in [2.05, 4.69) is 31.9 Å². The van der Waals surface area contributed by atoms with E-state index < -0.39 is 38.2 Å². The summed E-state index contributed by atoms with van der Waals surface area (Å²) in [5.41, 5.74) is 0. The third-order valence-corrected chi connectivity index (χ3v) is 5.66. The van der Waals surface area contributed by atoms with E-state index in [1.54, 1.807) is 0 Å². The lowest BCUT2D eigenvalue weighted by Gasteiger charge is -2.24. The van der Waals surface area contributed by atoms with E-state index in [0.29, 0.717) is 0 Å². The first-order valence-electron chi connectivity index (χ1n) is 5.57. The SMILES string of the molecule is C[Si](C)(C)OC(=O)C(Br)C(Br)C(=O)O[Si](C)(C)C. The van der Waals surface area contributed by atoms with Crippen LogP contribution in [0.5, 0.6) is 0 Å². The molecule has 0 heterocycles. The van der Waals surface area contributed by atoms with Crippen molar-refractivity contribution in [1.82, 2.24) is 0 Å². The summed E-state index contributed by atoms with van der Waals surface area (Å²) < 4.78 is 10.7. The summed E-state index contributed by atoms with van der Waals surface area (Å²) >= 11 is 6.37. The van der Waals surface area contributed by atoms with Crippen LogP contribution in [-0.2, 0) is 18.4 Å². The lowest BCUT2D eigenvalue weighted by atomic mass is 10.3. The topological polar surface area (TPSA) is 52.6 Å². The van der Waals surface area contributed by atoms with E-state index in [-0.39, 0.29) is 0 Å². The van der Waals surface area contributed by atoms with E-state index in [1.165, 1.54) is 0 Å². The molecule has 0 aliphatic heterocycles. The van der Waals surface area contributed by atoms with Crippen LogP contribution in [0.3, 0.4) is 0 Å². The van der Waals surface area contributed by atoms with Gasteiger partial charge in [0, 0.05) is 0 Å². The van der Waals surface area contributed by atoms with Gasteiger partial charge in [-0.15, -0.1) is 0 Å². The fourth-order valence-corrected chi connectivity index (χ4v) is 3.38. The summed E-state index contributed by atoms with van der Waals surface area (Å²) in [7, 11) is -3.91. The molecule has 0 saturated heterocycles. The number of rotatable bonds is 5. The highest BCUT2D eigenvalue weighted by molar-refractivity contribution is 9.12. The van der Waals surface area contributed by atoms with Gasteiger partial charge in [-0.25, -0.2) is 0 Å². The maximum atomic E-state index is 11.8. The van der Waals surface area contributed by atoms with Crippen molar-refractivity contribution in [2.45, 2.75) is 48.9 Å². The van der Waals surface area contributed by atoms with Gasteiger partial charge in [-0.1, -0.05) is 31.9 Å². The van der Waals surface area contributed by atoms with Crippen LogP contribution in [0, 0.1) is 0 Å². The number of hydrogen-bond donors (Lipinski definition) is 0. The van der Waals surface area contributed by atoms with Crippen LogP contribution in [0.2, 0.25) is 39.3 Å². The van der Waals surface area contributed by atoms with Gasteiger partial charge >= 0.3 is 11.9 Å². The molecule has 0 amide bonds. The number of carbonyl (C=O) groups is 2. The van der Waals surface area contributed by atoms with Gasteiger partial charge in [-0.3, -0.25) is 9.59 Å². The van der Waals surface area contributed by atoms with Gasteiger partial charge in [-0.05, 0) is 39.3 Å². The summed E-state index contributed by atoms with van der Waals surface area (Å²) in [5.74, 6) is -0.855. The second-order valence-corrected chi connectivity index (χ2v) is 16.7. The Bertz CT molecular complexity index is 291. The smallest absolute Gasteiger partial charge is 0.308 e.